The molecule has 0 aliphatic carbocycles. The fourth-order valence-electron chi connectivity index (χ4n) is 3.70. The Balaban J connectivity index is 0.00000110. The zero-order chi connectivity index (χ0) is 12.3. The van der Waals surface area contributed by atoms with E-state index in [1.807, 2.05) is 0 Å². The van der Waals surface area contributed by atoms with E-state index in [1.165, 1.54) is 27.8 Å². The number of fused-ring (bicyclic) bond motifs is 7. The van der Waals surface area contributed by atoms with E-state index in [4.69, 9.17) is 0 Å². The van der Waals surface area contributed by atoms with Crippen LogP contribution in [0.1, 0.15) is 40.8 Å². The number of aryl methyl sites for hydroxylation is 1. The minimum atomic E-state index is 0. The van der Waals surface area contributed by atoms with Gasteiger partial charge in [0, 0.05) is 6.04 Å². The third-order valence-electron chi connectivity index (χ3n) is 4.57. The highest BCUT2D eigenvalue weighted by Gasteiger charge is 2.45. The first-order valence-corrected chi connectivity index (χ1v) is 6.65. The van der Waals surface area contributed by atoms with Gasteiger partial charge in [-0.1, -0.05) is 48.0 Å². The Hall–Kier alpha value is -1.31. The standard InChI is InChI=1S/C17H17N.ClH/c1-11-7-8-12-10-16-13-5-3-4-6-14(13)17(2,18-16)15(12)9-11;/h3-9,16,18H,10H2,1-2H3;1H. The predicted octanol–water partition coefficient (Wildman–Crippen LogP) is 3.88. The molecule has 1 N–H and O–H groups in total. The molecule has 2 aliphatic heterocycles. The monoisotopic (exact) mass is 271 g/mol. The molecule has 2 heteroatoms. The Labute approximate surface area is 120 Å². The van der Waals surface area contributed by atoms with Gasteiger partial charge in [-0.3, -0.25) is 5.32 Å². The van der Waals surface area contributed by atoms with Crippen molar-refractivity contribution in [3.63, 3.8) is 0 Å². The molecule has 4 rings (SSSR count). The highest BCUT2D eigenvalue weighted by Crippen LogP contribution is 2.48. The molecule has 0 saturated heterocycles. The van der Waals surface area contributed by atoms with Crippen LogP contribution in [0.4, 0.5) is 0 Å². The molecule has 1 nitrogen and oxygen atoms in total. The molecule has 0 saturated carbocycles. The molecule has 0 fully saturated rings. The van der Waals surface area contributed by atoms with Gasteiger partial charge in [-0.25, -0.2) is 0 Å². The summed E-state index contributed by atoms with van der Waals surface area (Å²) in [6, 6.07) is 16.2. The van der Waals surface area contributed by atoms with E-state index < -0.39 is 0 Å². The van der Waals surface area contributed by atoms with Crippen molar-refractivity contribution in [1.29, 1.82) is 0 Å². The lowest BCUT2D eigenvalue weighted by atomic mass is 9.81. The maximum absolute atomic E-state index is 3.82. The molecule has 2 heterocycles. The summed E-state index contributed by atoms with van der Waals surface area (Å²) in [6.45, 7) is 4.50. The van der Waals surface area contributed by atoms with Gasteiger partial charge in [0.1, 0.15) is 0 Å². The van der Waals surface area contributed by atoms with E-state index in [9.17, 15) is 0 Å². The van der Waals surface area contributed by atoms with Crippen LogP contribution in [-0.4, -0.2) is 0 Å². The molecule has 2 aromatic carbocycles. The van der Waals surface area contributed by atoms with E-state index in [2.05, 4.69) is 61.6 Å². The maximum atomic E-state index is 3.82. The summed E-state index contributed by atoms with van der Waals surface area (Å²) in [4.78, 5) is 0. The first-order chi connectivity index (χ1) is 8.68. The Morgan fingerprint density at radius 2 is 1.89 bits per heavy atom. The second-order valence-electron chi connectivity index (χ2n) is 5.77. The van der Waals surface area contributed by atoms with Crippen molar-refractivity contribution in [3.05, 3.63) is 70.3 Å². The van der Waals surface area contributed by atoms with Crippen LogP contribution in [0, 0.1) is 6.92 Å². The smallest absolute Gasteiger partial charge is 0.0672 e. The molecule has 0 spiro atoms. The Morgan fingerprint density at radius 1 is 1.11 bits per heavy atom. The van der Waals surface area contributed by atoms with Crippen molar-refractivity contribution in [3.8, 4) is 0 Å². The summed E-state index contributed by atoms with van der Waals surface area (Å²) in [5.74, 6) is 0. The quantitative estimate of drug-likeness (QED) is 0.767. The van der Waals surface area contributed by atoms with Gasteiger partial charge in [-0.15, -0.1) is 12.4 Å². The summed E-state index contributed by atoms with van der Waals surface area (Å²) in [5, 5.41) is 3.82. The lowest BCUT2D eigenvalue weighted by molar-refractivity contribution is 0.388. The third kappa shape index (κ3) is 1.58. The summed E-state index contributed by atoms with van der Waals surface area (Å²) in [5.41, 5.74) is 7.25. The lowest BCUT2D eigenvalue weighted by Crippen LogP contribution is -2.41. The molecule has 0 amide bonds. The van der Waals surface area contributed by atoms with Crippen LogP contribution in [0.2, 0.25) is 0 Å². The number of halogens is 1. The largest absolute Gasteiger partial charge is 0.297 e. The van der Waals surface area contributed by atoms with Crippen LogP contribution in [0.3, 0.4) is 0 Å². The van der Waals surface area contributed by atoms with Crippen LogP contribution < -0.4 is 5.32 Å². The van der Waals surface area contributed by atoms with E-state index >= 15 is 0 Å². The number of hydrogen-bond acceptors (Lipinski definition) is 1. The molecule has 2 aliphatic rings. The van der Waals surface area contributed by atoms with Crippen molar-refractivity contribution in [2.45, 2.75) is 31.8 Å². The Morgan fingerprint density at radius 3 is 2.74 bits per heavy atom. The summed E-state index contributed by atoms with van der Waals surface area (Å²) < 4.78 is 0. The molecule has 2 atom stereocenters. The van der Waals surface area contributed by atoms with Crippen LogP contribution in [0.15, 0.2) is 42.5 Å². The Kier molecular flexibility index (Phi) is 2.74. The second-order valence-corrected chi connectivity index (χ2v) is 5.77. The topological polar surface area (TPSA) is 12.0 Å². The zero-order valence-electron chi connectivity index (χ0n) is 11.2. The predicted molar refractivity (Wildman–Crippen MR) is 80.9 cm³/mol. The molecule has 98 valence electrons. The average Bonchev–Trinajstić information content (AvgIpc) is 2.62. The second kappa shape index (κ2) is 4.09. The van der Waals surface area contributed by atoms with Crippen molar-refractivity contribution < 1.29 is 0 Å². The molecular weight excluding hydrogens is 254 g/mol. The molecular formula is C17H18ClN. The zero-order valence-corrected chi connectivity index (χ0v) is 12.1. The average molecular weight is 272 g/mol. The van der Waals surface area contributed by atoms with Gasteiger partial charge in [0.2, 0.25) is 0 Å². The van der Waals surface area contributed by atoms with Crippen molar-refractivity contribution in [1.82, 2.24) is 5.32 Å². The van der Waals surface area contributed by atoms with Gasteiger partial charge < -0.3 is 0 Å². The lowest BCUT2D eigenvalue weighted by Gasteiger charge is -2.34. The van der Waals surface area contributed by atoms with Crippen LogP contribution in [0.5, 0.6) is 0 Å². The number of benzene rings is 2. The SMILES string of the molecule is Cc1ccc2c(c1)C1(C)NC(C2)c2ccccc21.Cl. The number of hydrogen-bond donors (Lipinski definition) is 1. The summed E-state index contributed by atoms with van der Waals surface area (Å²) in [7, 11) is 0. The van der Waals surface area contributed by atoms with Crippen LogP contribution in [-0.2, 0) is 12.0 Å². The minimum absolute atomic E-state index is 0. The van der Waals surface area contributed by atoms with E-state index in [1.54, 1.807) is 0 Å². The minimum Gasteiger partial charge on any atom is -0.297 e. The van der Waals surface area contributed by atoms with Gasteiger partial charge in [-0.2, -0.15) is 0 Å². The number of nitrogens with one attached hydrogen (secondary N) is 1. The van der Waals surface area contributed by atoms with E-state index in [-0.39, 0.29) is 17.9 Å². The first-order valence-electron chi connectivity index (χ1n) is 6.65. The highest BCUT2D eigenvalue weighted by atomic mass is 35.5. The van der Waals surface area contributed by atoms with Gasteiger partial charge in [0.25, 0.3) is 0 Å². The van der Waals surface area contributed by atoms with Crippen LogP contribution in [0.25, 0.3) is 0 Å². The molecule has 19 heavy (non-hydrogen) atoms. The van der Waals surface area contributed by atoms with Gasteiger partial charge in [0.05, 0.1) is 5.54 Å². The molecule has 2 bridgehead atoms. The molecule has 0 radical (unpaired) electrons. The fraction of sp³-hybridized carbons (Fsp3) is 0.294. The fourth-order valence-corrected chi connectivity index (χ4v) is 3.70. The van der Waals surface area contributed by atoms with Gasteiger partial charge >= 0.3 is 0 Å². The van der Waals surface area contributed by atoms with Gasteiger partial charge in [0.15, 0.2) is 0 Å². The number of rotatable bonds is 0. The molecule has 2 unspecified atom stereocenters. The van der Waals surface area contributed by atoms with E-state index in [0.717, 1.165) is 6.42 Å². The third-order valence-corrected chi connectivity index (χ3v) is 4.57. The molecule has 2 aromatic rings. The van der Waals surface area contributed by atoms with Gasteiger partial charge in [-0.05, 0) is 42.5 Å². The van der Waals surface area contributed by atoms with E-state index in [0.29, 0.717) is 6.04 Å². The van der Waals surface area contributed by atoms with Crippen molar-refractivity contribution >= 4 is 12.4 Å². The maximum Gasteiger partial charge on any atom is 0.0672 e. The first kappa shape index (κ1) is 12.7. The summed E-state index contributed by atoms with van der Waals surface area (Å²) >= 11 is 0. The highest BCUT2D eigenvalue weighted by molar-refractivity contribution is 5.85. The normalized spacial score (nSPS) is 26.3. The molecule has 0 aromatic heterocycles. The van der Waals surface area contributed by atoms with Crippen molar-refractivity contribution in [2.75, 3.05) is 0 Å². The van der Waals surface area contributed by atoms with Crippen LogP contribution >= 0.6 is 12.4 Å². The Bertz CT molecular complexity index is 649. The van der Waals surface area contributed by atoms with Crippen molar-refractivity contribution in [2.24, 2.45) is 0 Å². The summed E-state index contributed by atoms with van der Waals surface area (Å²) in [6.07, 6.45) is 1.11.